The average Bonchev–Trinajstić information content (AvgIpc) is 3.61. The Morgan fingerprint density at radius 1 is 1.31 bits per heavy atom. The first-order valence-corrected chi connectivity index (χ1v) is 12.1. The van der Waals surface area contributed by atoms with E-state index in [2.05, 4.69) is 25.5 Å². The van der Waals surface area contributed by atoms with Crippen LogP contribution in [-0.4, -0.2) is 48.6 Å². The minimum absolute atomic E-state index is 0.154. The number of alkyl halides is 3. The fraction of sp³-hybridized carbons (Fsp3) is 0.286. The zero-order chi connectivity index (χ0) is 24.5. The lowest BCUT2D eigenvalue weighted by Crippen LogP contribution is -2.35. The quantitative estimate of drug-likeness (QED) is 0.334. The van der Waals surface area contributed by atoms with Gasteiger partial charge in [0.2, 0.25) is 5.82 Å². The van der Waals surface area contributed by atoms with Gasteiger partial charge in [-0.05, 0) is 23.9 Å². The van der Waals surface area contributed by atoms with Crippen LogP contribution in [0, 0.1) is 6.92 Å². The zero-order valence-corrected chi connectivity index (χ0v) is 19.8. The van der Waals surface area contributed by atoms with Crippen molar-refractivity contribution in [3.63, 3.8) is 0 Å². The van der Waals surface area contributed by atoms with Gasteiger partial charge in [0.15, 0.2) is 11.7 Å². The van der Waals surface area contributed by atoms with Crippen molar-refractivity contribution < 1.29 is 22.7 Å². The summed E-state index contributed by atoms with van der Waals surface area (Å²) in [4.78, 5) is 22.8. The number of methoxy groups -OCH3 is 1. The van der Waals surface area contributed by atoms with Crippen LogP contribution in [0.1, 0.15) is 38.6 Å². The summed E-state index contributed by atoms with van der Waals surface area (Å²) in [5, 5.41) is 14.3. The first-order valence-electron chi connectivity index (χ1n) is 10.4. The fourth-order valence-corrected chi connectivity index (χ4v) is 6.14. The molecule has 2 atom stereocenters. The number of nitrogens with zero attached hydrogens (tertiary/aromatic N) is 6. The predicted molar refractivity (Wildman–Crippen MR) is 124 cm³/mol. The van der Waals surface area contributed by atoms with Crippen molar-refractivity contribution >= 4 is 50.3 Å². The van der Waals surface area contributed by atoms with E-state index in [-0.39, 0.29) is 23.8 Å². The average molecular weight is 520 g/mol. The van der Waals surface area contributed by atoms with E-state index in [1.807, 2.05) is 17.5 Å². The summed E-state index contributed by atoms with van der Waals surface area (Å²) in [7, 11) is 1.30. The number of anilines is 1. The topological polar surface area (TPSA) is 99.2 Å². The summed E-state index contributed by atoms with van der Waals surface area (Å²) < 4.78 is 49.1. The van der Waals surface area contributed by atoms with Gasteiger partial charge in [-0.15, -0.1) is 27.8 Å². The molecule has 6 rings (SSSR count). The number of hydrogen-bond donors (Lipinski definition) is 1. The van der Waals surface area contributed by atoms with E-state index < -0.39 is 24.2 Å². The van der Waals surface area contributed by atoms with Crippen LogP contribution in [-0.2, 0) is 4.74 Å². The molecule has 1 aliphatic heterocycles. The highest BCUT2D eigenvalue weighted by Gasteiger charge is 2.47. The standard InChI is InChI=1S/C21H16F3N7O2S2/c1-9-15-18-27-17(29-30(18)8-25-19(15)35-16(9)20(32)33-2)11-7-14-26-10(12-4-3-5-34-12)6-13(21(22,23)24)31(14)28-11/h3-5,7-8,10,13,26H,6H2,1-2H3. The molecular weight excluding hydrogens is 503 g/mol. The second kappa shape index (κ2) is 7.75. The molecule has 0 spiro atoms. The number of thiophene rings is 2. The number of carbonyl (C=O) groups excluding carboxylic acids is 1. The predicted octanol–water partition coefficient (Wildman–Crippen LogP) is 5.02. The zero-order valence-electron chi connectivity index (χ0n) is 18.2. The molecule has 0 fully saturated rings. The van der Waals surface area contributed by atoms with Crippen LogP contribution >= 0.6 is 22.7 Å². The fourth-order valence-electron chi connectivity index (χ4n) is 4.29. The van der Waals surface area contributed by atoms with Crippen molar-refractivity contribution in [1.82, 2.24) is 29.4 Å². The minimum Gasteiger partial charge on any atom is -0.465 e. The highest BCUT2D eigenvalue weighted by atomic mass is 32.1. The maximum atomic E-state index is 14.0. The normalized spacial score (nSPS) is 18.1. The van der Waals surface area contributed by atoms with Crippen molar-refractivity contribution in [1.29, 1.82) is 0 Å². The van der Waals surface area contributed by atoms with Crippen LogP contribution < -0.4 is 5.32 Å². The summed E-state index contributed by atoms with van der Waals surface area (Å²) in [6, 6.07) is 2.89. The van der Waals surface area contributed by atoms with Crippen molar-refractivity contribution in [2.75, 3.05) is 12.4 Å². The molecule has 1 aliphatic rings. The van der Waals surface area contributed by atoms with Crippen LogP contribution in [0.15, 0.2) is 29.9 Å². The number of nitrogens with one attached hydrogen (secondary N) is 1. The second-order valence-electron chi connectivity index (χ2n) is 8.04. The van der Waals surface area contributed by atoms with Crippen LogP contribution in [0.5, 0.6) is 0 Å². The number of aromatic nitrogens is 6. The van der Waals surface area contributed by atoms with E-state index in [1.54, 1.807) is 6.92 Å². The summed E-state index contributed by atoms with van der Waals surface area (Å²) in [5.41, 5.74) is 1.28. The molecule has 0 bridgehead atoms. The Morgan fingerprint density at radius 2 is 2.14 bits per heavy atom. The molecule has 0 saturated heterocycles. The van der Waals surface area contributed by atoms with Gasteiger partial charge in [-0.3, -0.25) is 0 Å². The van der Waals surface area contributed by atoms with E-state index in [1.165, 1.54) is 46.7 Å². The number of hydrogen-bond acceptors (Lipinski definition) is 9. The van der Waals surface area contributed by atoms with Gasteiger partial charge in [-0.1, -0.05) is 6.07 Å². The van der Waals surface area contributed by atoms with Gasteiger partial charge in [0.1, 0.15) is 27.5 Å². The third kappa shape index (κ3) is 3.46. The monoisotopic (exact) mass is 519 g/mol. The molecule has 9 nitrogen and oxygen atoms in total. The SMILES string of the molecule is COC(=O)c1sc2ncn3nc(-c4cc5n(n4)C(C(F)(F)F)CC(c4cccs4)N5)nc3c2c1C. The number of aryl methyl sites for hydroxylation is 1. The van der Waals surface area contributed by atoms with Crippen LogP contribution in [0.25, 0.3) is 27.4 Å². The molecule has 1 N–H and O–H groups in total. The summed E-state index contributed by atoms with van der Waals surface area (Å²) in [5.74, 6) is -0.0784. The molecular formula is C21H16F3N7O2S2. The van der Waals surface area contributed by atoms with Crippen molar-refractivity contribution in [3.05, 3.63) is 45.2 Å². The number of carbonyl (C=O) groups is 1. The van der Waals surface area contributed by atoms with E-state index >= 15 is 0 Å². The molecule has 35 heavy (non-hydrogen) atoms. The van der Waals surface area contributed by atoms with Gasteiger partial charge in [-0.25, -0.2) is 24.0 Å². The van der Waals surface area contributed by atoms with Gasteiger partial charge in [0.05, 0.1) is 18.5 Å². The first kappa shape index (κ1) is 22.0. The van der Waals surface area contributed by atoms with Crippen LogP contribution in [0.2, 0.25) is 0 Å². The van der Waals surface area contributed by atoms with Crippen LogP contribution in [0.3, 0.4) is 0 Å². The van der Waals surface area contributed by atoms with Gasteiger partial charge < -0.3 is 10.1 Å². The second-order valence-corrected chi connectivity index (χ2v) is 10.0. The van der Waals surface area contributed by atoms with E-state index in [0.717, 1.165) is 9.56 Å². The number of rotatable bonds is 3. The molecule has 0 saturated carbocycles. The van der Waals surface area contributed by atoms with Crippen molar-refractivity contribution in [2.45, 2.75) is 31.6 Å². The number of halogens is 3. The van der Waals surface area contributed by atoms with Gasteiger partial charge in [-0.2, -0.15) is 18.3 Å². The number of ether oxygens (including phenoxy) is 1. The minimum atomic E-state index is -4.48. The molecule has 0 amide bonds. The van der Waals surface area contributed by atoms with Gasteiger partial charge >= 0.3 is 12.1 Å². The highest BCUT2D eigenvalue weighted by molar-refractivity contribution is 7.20. The highest BCUT2D eigenvalue weighted by Crippen LogP contribution is 2.45. The Bertz CT molecular complexity index is 1590. The third-order valence-electron chi connectivity index (χ3n) is 5.94. The molecule has 0 aromatic carbocycles. The lowest BCUT2D eigenvalue weighted by Gasteiger charge is -2.32. The van der Waals surface area contributed by atoms with Crippen molar-refractivity contribution in [2.24, 2.45) is 0 Å². The summed E-state index contributed by atoms with van der Waals surface area (Å²) >= 11 is 2.58. The molecule has 14 heteroatoms. The molecule has 0 aliphatic carbocycles. The first-order chi connectivity index (χ1) is 16.7. The van der Waals surface area contributed by atoms with Gasteiger partial charge in [0, 0.05) is 17.4 Å². The molecule has 6 heterocycles. The maximum absolute atomic E-state index is 14.0. The van der Waals surface area contributed by atoms with Gasteiger partial charge in [0.25, 0.3) is 0 Å². The maximum Gasteiger partial charge on any atom is 0.410 e. The summed E-state index contributed by atoms with van der Waals surface area (Å²) in [6.45, 7) is 1.76. The smallest absolute Gasteiger partial charge is 0.410 e. The third-order valence-corrected chi connectivity index (χ3v) is 8.11. The Kier molecular flexibility index (Phi) is 4.86. The van der Waals surface area contributed by atoms with Crippen molar-refractivity contribution in [3.8, 4) is 11.5 Å². The Morgan fingerprint density at radius 3 is 2.86 bits per heavy atom. The molecule has 2 unspecified atom stereocenters. The Hall–Kier alpha value is -3.52. The lowest BCUT2D eigenvalue weighted by molar-refractivity contribution is -0.173. The molecule has 0 radical (unpaired) electrons. The molecule has 5 aromatic heterocycles. The number of fused-ring (bicyclic) bond motifs is 4. The largest absolute Gasteiger partial charge is 0.465 e. The molecule has 180 valence electrons. The van der Waals surface area contributed by atoms with E-state index in [9.17, 15) is 18.0 Å². The van der Waals surface area contributed by atoms with Crippen LogP contribution in [0.4, 0.5) is 19.0 Å². The Labute approximate surface area is 203 Å². The van der Waals surface area contributed by atoms with E-state index in [4.69, 9.17) is 4.74 Å². The Balaban J connectivity index is 1.46. The number of esters is 1. The van der Waals surface area contributed by atoms with E-state index in [0.29, 0.717) is 26.3 Å². The summed E-state index contributed by atoms with van der Waals surface area (Å²) in [6.07, 6.45) is -3.20. The molecule has 5 aromatic rings. The lowest BCUT2D eigenvalue weighted by atomic mass is 10.0.